The van der Waals surface area contributed by atoms with E-state index in [2.05, 4.69) is 41.3 Å². The number of halogens is 2. The SMILES string of the molecule is COC(=O)CCNS(=O)(=O)c1cc(Br)c(C)cc1Br. The van der Waals surface area contributed by atoms with Crippen LogP contribution in [-0.2, 0) is 19.6 Å². The number of rotatable bonds is 5. The summed E-state index contributed by atoms with van der Waals surface area (Å²) in [6, 6.07) is 3.22. The maximum atomic E-state index is 12.1. The minimum Gasteiger partial charge on any atom is -0.469 e. The number of carbonyl (C=O) groups excluding carboxylic acids is 1. The number of esters is 1. The van der Waals surface area contributed by atoms with E-state index in [1.807, 2.05) is 6.92 Å². The van der Waals surface area contributed by atoms with Crippen LogP contribution in [-0.4, -0.2) is 28.0 Å². The zero-order valence-corrected chi connectivity index (χ0v) is 14.4. The highest BCUT2D eigenvalue weighted by Crippen LogP contribution is 2.28. The van der Waals surface area contributed by atoms with E-state index < -0.39 is 16.0 Å². The Bertz CT molecular complexity index is 587. The Labute approximate surface area is 129 Å². The summed E-state index contributed by atoms with van der Waals surface area (Å²) >= 11 is 6.51. The van der Waals surface area contributed by atoms with E-state index in [0.29, 0.717) is 8.95 Å². The average Bonchev–Trinajstić information content (AvgIpc) is 2.33. The number of hydrogen-bond acceptors (Lipinski definition) is 4. The normalized spacial score (nSPS) is 11.4. The lowest BCUT2D eigenvalue weighted by Gasteiger charge is -2.10. The Morgan fingerprint density at radius 1 is 1.32 bits per heavy atom. The lowest BCUT2D eigenvalue weighted by Crippen LogP contribution is -2.27. The predicted octanol–water partition coefficient (Wildman–Crippen LogP) is 2.36. The molecule has 1 aromatic rings. The second-order valence-electron chi connectivity index (χ2n) is 3.76. The first-order chi connectivity index (χ1) is 8.77. The number of sulfonamides is 1. The molecule has 0 saturated carbocycles. The summed E-state index contributed by atoms with van der Waals surface area (Å²) in [4.78, 5) is 11.0. The first kappa shape index (κ1) is 16.6. The van der Waals surface area contributed by atoms with Crippen LogP contribution >= 0.6 is 31.9 Å². The van der Waals surface area contributed by atoms with Gasteiger partial charge in [-0.05, 0) is 40.5 Å². The molecule has 106 valence electrons. The number of carbonyl (C=O) groups is 1. The van der Waals surface area contributed by atoms with Gasteiger partial charge < -0.3 is 4.74 Å². The topological polar surface area (TPSA) is 72.5 Å². The van der Waals surface area contributed by atoms with Crippen LogP contribution in [0.1, 0.15) is 12.0 Å². The van der Waals surface area contributed by atoms with E-state index in [-0.39, 0.29) is 17.9 Å². The van der Waals surface area contributed by atoms with Crippen LogP contribution in [0.3, 0.4) is 0 Å². The lowest BCUT2D eigenvalue weighted by atomic mass is 10.2. The highest BCUT2D eigenvalue weighted by atomic mass is 79.9. The van der Waals surface area contributed by atoms with Crippen LogP contribution < -0.4 is 4.72 Å². The van der Waals surface area contributed by atoms with Crippen molar-refractivity contribution >= 4 is 47.9 Å². The number of aryl methyl sites for hydroxylation is 1. The fourth-order valence-corrected chi connectivity index (χ4v) is 4.01. The number of ether oxygens (including phenoxy) is 1. The molecule has 0 spiro atoms. The summed E-state index contributed by atoms with van der Waals surface area (Å²) < 4.78 is 32.1. The largest absolute Gasteiger partial charge is 0.469 e. The van der Waals surface area contributed by atoms with Crippen molar-refractivity contribution in [3.05, 3.63) is 26.6 Å². The molecule has 1 N–H and O–H groups in total. The molecule has 1 rings (SSSR count). The van der Waals surface area contributed by atoms with E-state index in [1.54, 1.807) is 6.07 Å². The molecule has 0 aliphatic rings. The van der Waals surface area contributed by atoms with E-state index in [0.717, 1.165) is 5.56 Å². The number of benzene rings is 1. The monoisotopic (exact) mass is 413 g/mol. The van der Waals surface area contributed by atoms with Crippen molar-refractivity contribution in [2.75, 3.05) is 13.7 Å². The van der Waals surface area contributed by atoms with Crippen LogP contribution in [0, 0.1) is 6.92 Å². The van der Waals surface area contributed by atoms with Gasteiger partial charge in [0.1, 0.15) is 0 Å². The van der Waals surface area contributed by atoms with Gasteiger partial charge in [0.15, 0.2) is 0 Å². The molecule has 19 heavy (non-hydrogen) atoms. The van der Waals surface area contributed by atoms with Crippen LogP contribution in [0.15, 0.2) is 26.0 Å². The summed E-state index contributed by atoms with van der Waals surface area (Å²) in [5, 5.41) is 0. The quantitative estimate of drug-likeness (QED) is 0.750. The third-order valence-corrected chi connectivity index (χ3v) is 5.63. The Kier molecular flexibility index (Phi) is 5.97. The Hall–Kier alpha value is -0.440. The molecule has 1 aromatic carbocycles. The minimum absolute atomic E-state index is 0.00700. The molecule has 0 bridgehead atoms. The van der Waals surface area contributed by atoms with Gasteiger partial charge in [-0.2, -0.15) is 0 Å². The molecular formula is C11H13Br2NO4S. The molecule has 0 radical (unpaired) electrons. The van der Waals surface area contributed by atoms with Gasteiger partial charge >= 0.3 is 5.97 Å². The third-order valence-electron chi connectivity index (χ3n) is 2.35. The highest BCUT2D eigenvalue weighted by Gasteiger charge is 2.19. The minimum atomic E-state index is -3.67. The van der Waals surface area contributed by atoms with Gasteiger partial charge in [-0.3, -0.25) is 4.79 Å². The van der Waals surface area contributed by atoms with Crippen LogP contribution in [0.4, 0.5) is 0 Å². The Morgan fingerprint density at radius 2 is 1.95 bits per heavy atom. The summed E-state index contributed by atoms with van der Waals surface area (Å²) in [5.74, 6) is -0.466. The van der Waals surface area contributed by atoms with Crippen molar-refractivity contribution < 1.29 is 17.9 Å². The van der Waals surface area contributed by atoms with Gasteiger partial charge in [-0.25, -0.2) is 13.1 Å². The number of hydrogen-bond donors (Lipinski definition) is 1. The molecule has 0 heterocycles. The molecule has 0 aliphatic carbocycles. The van der Waals surface area contributed by atoms with Crippen molar-refractivity contribution in [3.63, 3.8) is 0 Å². The lowest BCUT2D eigenvalue weighted by molar-refractivity contribution is -0.140. The fraction of sp³-hybridized carbons (Fsp3) is 0.364. The summed E-state index contributed by atoms with van der Waals surface area (Å²) in [7, 11) is -2.41. The number of methoxy groups -OCH3 is 1. The van der Waals surface area contributed by atoms with Gasteiger partial charge in [-0.15, -0.1) is 0 Å². The molecular weight excluding hydrogens is 402 g/mol. The van der Waals surface area contributed by atoms with Crippen LogP contribution in [0.5, 0.6) is 0 Å². The van der Waals surface area contributed by atoms with Crippen molar-refractivity contribution in [3.8, 4) is 0 Å². The molecule has 8 heteroatoms. The Morgan fingerprint density at radius 3 is 2.53 bits per heavy atom. The summed E-state index contributed by atoms with van der Waals surface area (Å²) in [6.45, 7) is 1.85. The molecule has 0 fully saturated rings. The van der Waals surface area contributed by atoms with Gasteiger partial charge in [0.2, 0.25) is 10.0 Å². The average molecular weight is 415 g/mol. The predicted molar refractivity (Wildman–Crippen MR) is 78.4 cm³/mol. The Balaban J connectivity index is 2.89. The molecule has 0 aromatic heterocycles. The second-order valence-corrected chi connectivity index (χ2v) is 7.20. The highest BCUT2D eigenvalue weighted by molar-refractivity contribution is 9.11. The van der Waals surface area contributed by atoms with E-state index >= 15 is 0 Å². The fourth-order valence-electron chi connectivity index (χ4n) is 1.30. The van der Waals surface area contributed by atoms with Crippen molar-refractivity contribution in [1.29, 1.82) is 0 Å². The zero-order chi connectivity index (χ0) is 14.6. The summed E-state index contributed by atoms with van der Waals surface area (Å²) in [5.41, 5.74) is 0.917. The maximum Gasteiger partial charge on any atom is 0.306 e. The van der Waals surface area contributed by atoms with Crippen LogP contribution in [0.25, 0.3) is 0 Å². The maximum absolute atomic E-state index is 12.1. The molecule has 0 aliphatic heterocycles. The standard InChI is InChI=1S/C11H13Br2NO4S/c1-7-5-9(13)10(6-8(7)12)19(16,17)14-4-3-11(15)18-2/h5-6,14H,3-4H2,1-2H3. The second kappa shape index (κ2) is 6.83. The van der Waals surface area contributed by atoms with Gasteiger partial charge in [0, 0.05) is 15.5 Å². The smallest absolute Gasteiger partial charge is 0.306 e. The molecule has 0 unspecified atom stereocenters. The van der Waals surface area contributed by atoms with Gasteiger partial charge in [0.05, 0.1) is 18.4 Å². The van der Waals surface area contributed by atoms with Gasteiger partial charge in [0.25, 0.3) is 0 Å². The molecule has 0 atom stereocenters. The van der Waals surface area contributed by atoms with E-state index in [4.69, 9.17) is 0 Å². The first-order valence-corrected chi connectivity index (χ1v) is 8.37. The van der Waals surface area contributed by atoms with Crippen molar-refractivity contribution in [2.24, 2.45) is 0 Å². The molecule has 5 nitrogen and oxygen atoms in total. The van der Waals surface area contributed by atoms with Crippen molar-refractivity contribution in [2.45, 2.75) is 18.2 Å². The van der Waals surface area contributed by atoms with Gasteiger partial charge in [-0.1, -0.05) is 15.9 Å². The summed E-state index contributed by atoms with van der Waals surface area (Å²) in [6.07, 6.45) is -0.0135. The van der Waals surface area contributed by atoms with Crippen LogP contribution in [0.2, 0.25) is 0 Å². The molecule has 0 amide bonds. The zero-order valence-electron chi connectivity index (χ0n) is 10.4. The van der Waals surface area contributed by atoms with E-state index in [1.165, 1.54) is 13.2 Å². The first-order valence-electron chi connectivity index (χ1n) is 5.30. The number of nitrogens with one attached hydrogen (secondary N) is 1. The third kappa shape index (κ3) is 4.55. The van der Waals surface area contributed by atoms with E-state index in [9.17, 15) is 13.2 Å². The molecule has 0 saturated heterocycles. The van der Waals surface area contributed by atoms with Crippen molar-refractivity contribution in [1.82, 2.24) is 4.72 Å².